The molecule has 0 aliphatic carbocycles. The molecule has 1 aromatic heterocycles. The van der Waals surface area contributed by atoms with Gasteiger partial charge in [0.05, 0.1) is 26.4 Å². The third-order valence-corrected chi connectivity index (χ3v) is 7.78. The Morgan fingerprint density at radius 3 is 2.46 bits per heavy atom. The highest BCUT2D eigenvalue weighted by molar-refractivity contribution is 5.87. The Bertz CT molecular complexity index is 1620. The molecule has 0 saturated carbocycles. The molecule has 46 heavy (non-hydrogen) atoms. The molecular weight excluding hydrogens is 596 g/mol. The van der Waals surface area contributed by atoms with Crippen LogP contribution in [0.1, 0.15) is 42.9 Å². The Kier molecular flexibility index (Phi) is 10.8. The first-order chi connectivity index (χ1) is 22.4. The normalized spacial score (nSPS) is 13.9. The monoisotopic (exact) mass is 633 g/mol. The maximum Gasteiger partial charge on any atom is 0.413 e. The van der Waals surface area contributed by atoms with Gasteiger partial charge >= 0.3 is 6.09 Å². The highest BCUT2D eigenvalue weighted by Crippen LogP contribution is 2.41. The quantitative estimate of drug-likeness (QED) is 0.150. The van der Waals surface area contributed by atoms with Crippen LogP contribution in [0, 0.1) is 11.6 Å². The van der Waals surface area contributed by atoms with E-state index in [1.54, 1.807) is 18.2 Å². The van der Waals surface area contributed by atoms with E-state index >= 15 is 8.78 Å². The van der Waals surface area contributed by atoms with Crippen LogP contribution < -0.4 is 24.4 Å². The van der Waals surface area contributed by atoms with E-state index in [-0.39, 0.29) is 23.1 Å². The fourth-order valence-corrected chi connectivity index (χ4v) is 5.59. The molecule has 10 nitrogen and oxygen atoms in total. The summed E-state index contributed by atoms with van der Waals surface area (Å²) in [5.41, 5.74) is 0.250. The Hall–Kier alpha value is -4.97. The van der Waals surface area contributed by atoms with Gasteiger partial charge in [-0.15, -0.1) is 0 Å². The van der Waals surface area contributed by atoms with Crippen LogP contribution in [0.15, 0.2) is 72.9 Å². The number of aromatic nitrogens is 2. The van der Waals surface area contributed by atoms with Gasteiger partial charge in [-0.25, -0.2) is 23.5 Å². The molecule has 1 aliphatic rings. The first-order valence-electron chi connectivity index (χ1n) is 15.1. The van der Waals surface area contributed by atoms with Crippen LogP contribution in [-0.4, -0.2) is 66.5 Å². The Morgan fingerprint density at radius 1 is 0.978 bits per heavy atom. The standard InChI is InChI=1S/C34H37F2N5O5/c1-44-24-13-14-29(45-2)26(22-24)32(31-27(35)11-7-12-28(31)36)41(34(42)43)30-15-16-37-33(39-30)38-23-9-6-10-25(21-23)46-20-8-19-40-17-4-3-5-18-40/h6-7,9-16,21-22,32H,3-5,8,17-20H2,1-2H3,(H,42,43)(H,37,38,39). The van der Waals surface area contributed by atoms with Crippen molar-refractivity contribution >= 4 is 23.5 Å². The van der Waals surface area contributed by atoms with Crippen molar-refractivity contribution in [3.05, 3.63) is 95.7 Å². The summed E-state index contributed by atoms with van der Waals surface area (Å²) in [4.78, 5) is 24.8. The van der Waals surface area contributed by atoms with E-state index in [4.69, 9.17) is 14.2 Å². The summed E-state index contributed by atoms with van der Waals surface area (Å²) in [5.74, 6) is -0.764. The SMILES string of the molecule is COc1ccc(OC)c(C(c2c(F)cccc2F)N(C(=O)O)c2ccnc(Nc3cccc(OCCCN4CCCCC4)c3)n2)c1. The van der Waals surface area contributed by atoms with Crippen molar-refractivity contribution in [1.82, 2.24) is 14.9 Å². The van der Waals surface area contributed by atoms with E-state index in [9.17, 15) is 9.90 Å². The summed E-state index contributed by atoms with van der Waals surface area (Å²) in [6.45, 7) is 3.85. The second-order valence-corrected chi connectivity index (χ2v) is 10.8. The first kappa shape index (κ1) is 32.4. The van der Waals surface area contributed by atoms with Crippen molar-refractivity contribution in [2.24, 2.45) is 0 Å². The minimum atomic E-state index is -1.55. The average molecular weight is 634 g/mol. The third-order valence-electron chi connectivity index (χ3n) is 7.78. The number of methoxy groups -OCH3 is 2. The number of piperidine rings is 1. The topological polar surface area (TPSA) is 109 Å². The Morgan fingerprint density at radius 2 is 1.74 bits per heavy atom. The van der Waals surface area contributed by atoms with Crippen LogP contribution in [0.25, 0.3) is 0 Å². The summed E-state index contributed by atoms with van der Waals surface area (Å²) < 4.78 is 47.5. The summed E-state index contributed by atoms with van der Waals surface area (Å²) in [6.07, 6.45) is 4.56. The molecule has 5 rings (SSSR count). The zero-order valence-electron chi connectivity index (χ0n) is 25.8. The number of hydrogen-bond acceptors (Lipinski definition) is 8. The summed E-state index contributed by atoms with van der Waals surface area (Å²) in [7, 11) is 2.81. The van der Waals surface area contributed by atoms with Gasteiger partial charge in [0.1, 0.15) is 40.7 Å². The zero-order valence-corrected chi connectivity index (χ0v) is 25.8. The second kappa shape index (κ2) is 15.3. The van der Waals surface area contributed by atoms with Crippen molar-refractivity contribution in [3.8, 4) is 17.2 Å². The van der Waals surface area contributed by atoms with Gasteiger partial charge in [-0.2, -0.15) is 4.98 Å². The van der Waals surface area contributed by atoms with Crippen LogP contribution in [0.2, 0.25) is 0 Å². The predicted molar refractivity (Wildman–Crippen MR) is 170 cm³/mol. The maximum atomic E-state index is 15.4. The maximum absolute atomic E-state index is 15.4. The minimum absolute atomic E-state index is 0.0661. The highest BCUT2D eigenvalue weighted by atomic mass is 19.1. The van der Waals surface area contributed by atoms with Gasteiger partial charge in [0.15, 0.2) is 0 Å². The molecule has 1 saturated heterocycles. The molecule has 1 atom stereocenters. The molecule has 2 heterocycles. The van der Waals surface area contributed by atoms with Gasteiger partial charge in [0.2, 0.25) is 5.95 Å². The van der Waals surface area contributed by atoms with Gasteiger partial charge in [-0.1, -0.05) is 18.6 Å². The number of rotatable bonds is 13. The van der Waals surface area contributed by atoms with Crippen LogP contribution in [0.5, 0.6) is 17.2 Å². The summed E-state index contributed by atoms with van der Waals surface area (Å²) in [5, 5.41) is 13.6. The van der Waals surface area contributed by atoms with E-state index in [0.717, 1.165) is 43.1 Å². The lowest BCUT2D eigenvalue weighted by molar-refractivity contribution is 0.199. The van der Waals surface area contributed by atoms with E-state index in [1.807, 2.05) is 12.1 Å². The molecule has 1 amide bonds. The molecule has 1 unspecified atom stereocenters. The number of carboxylic acid groups (broad SMARTS) is 1. The third kappa shape index (κ3) is 7.81. The number of carbonyl (C=O) groups is 1. The van der Waals surface area contributed by atoms with Gasteiger partial charge in [0, 0.05) is 30.1 Å². The number of ether oxygens (including phenoxy) is 3. The first-order valence-corrected chi connectivity index (χ1v) is 15.1. The lowest BCUT2D eigenvalue weighted by Gasteiger charge is -2.31. The van der Waals surface area contributed by atoms with Crippen LogP contribution in [0.4, 0.5) is 31.0 Å². The number of halogens is 2. The molecule has 1 fully saturated rings. The van der Waals surface area contributed by atoms with Crippen molar-refractivity contribution in [2.45, 2.75) is 31.7 Å². The second-order valence-electron chi connectivity index (χ2n) is 10.8. The number of nitrogens with zero attached hydrogens (tertiary/aromatic N) is 4. The van der Waals surface area contributed by atoms with E-state index in [1.165, 1.54) is 63.9 Å². The van der Waals surface area contributed by atoms with E-state index in [0.29, 0.717) is 23.8 Å². The molecule has 2 N–H and O–H groups in total. The van der Waals surface area contributed by atoms with Gasteiger partial charge in [-0.3, -0.25) is 0 Å². The van der Waals surface area contributed by atoms with Crippen LogP contribution in [-0.2, 0) is 0 Å². The average Bonchev–Trinajstić information content (AvgIpc) is 3.06. The lowest BCUT2D eigenvalue weighted by atomic mass is 9.95. The van der Waals surface area contributed by atoms with E-state index < -0.39 is 29.3 Å². The van der Waals surface area contributed by atoms with Crippen molar-refractivity contribution < 1.29 is 32.9 Å². The van der Waals surface area contributed by atoms with Crippen molar-refractivity contribution in [1.29, 1.82) is 0 Å². The number of amides is 1. The van der Waals surface area contributed by atoms with Crippen LogP contribution >= 0.6 is 0 Å². The fraction of sp³-hybridized carbons (Fsp3) is 0.324. The zero-order chi connectivity index (χ0) is 32.5. The number of hydrogen-bond donors (Lipinski definition) is 2. The number of benzene rings is 3. The molecule has 242 valence electrons. The number of anilines is 3. The largest absolute Gasteiger partial charge is 0.497 e. The fourth-order valence-electron chi connectivity index (χ4n) is 5.59. The molecule has 0 bridgehead atoms. The lowest BCUT2D eigenvalue weighted by Crippen LogP contribution is -2.36. The molecule has 4 aromatic rings. The Balaban J connectivity index is 1.42. The molecule has 3 aromatic carbocycles. The number of nitrogens with one attached hydrogen (secondary N) is 1. The molecule has 0 spiro atoms. The molecule has 12 heteroatoms. The van der Waals surface area contributed by atoms with Gasteiger partial charge < -0.3 is 29.5 Å². The van der Waals surface area contributed by atoms with Crippen molar-refractivity contribution in [2.75, 3.05) is 50.7 Å². The van der Waals surface area contributed by atoms with E-state index in [2.05, 4.69) is 20.2 Å². The highest BCUT2D eigenvalue weighted by Gasteiger charge is 2.36. The minimum Gasteiger partial charge on any atom is -0.497 e. The van der Waals surface area contributed by atoms with Crippen LogP contribution in [0.3, 0.4) is 0 Å². The molecular formula is C34H37F2N5O5. The summed E-state index contributed by atoms with van der Waals surface area (Å²) in [6, 6.07) is 15.0. The Labute approximate surface area is 266 Å². The van der Waals surface area contributed by atoms with Gasteiger partial charge in [-0.05, 0) is 80.9 Å². The smallest absolute Gasteiger partial charge is 0.413 e. The van der Waals surface area contributed by atoms with Crippen molar-refractivity contribution in [3.63, 3.8) is 0 Å². The molecule has 0 radical (unpaired) electrons. The summed E-state index contributed by atoms with van der Waals surface area (Å²) >= 11 is 0. The number of likely N-dealkylation sites (tertiary alicyclic amines) is 1. The van der Waals surface area contributed by atoms with Gasteiger partial charge in [0.25, 0.3) is 0 Å². The molecule has 1 aliphatic heterocycles. The predicted octanol–water partition coefficient (Wildman–Crippen LogP) is 7.04.